The van der Waals surface area contributed by atoms with E-state index in [1.165, 1.54) is 42.4 Å². The van der Waals surface area contributed by atoms with E-state index >= 15 is 0 Å². The summed E-state index contributed by atoms with van der Waals surface area (Å²) in [6.45, 7) is 1.87. The average molecular weight is 464 g/mol. The van der Waals surface area contributed by atoms with Crippen molar-refractivity contribution in [1.82, 2.24) is 10.2 Å². The Balaban J connectivity index is 1.02. The number of amides is 1. The van der Waals surface area contributed by atoms with E-state index in [9.17, 15) is 14.7 Å². The first-order valence-corrected chi connectivity index (χ1v) is 13.7. The van der Waals surface area contributed by atoms with E-state index in [2.05, 4.69) is 16.3 Å². The van der Waals surface area contributed by atoms with Gasteiger partial charge < -0.3 is 16.2 Å². The molecule has 5 rings (SSSR count). The molecule has 0 bridgehead atoms. The number of carbonyl (C=O) groups excluding carboxylic acids is 1. The molecular formula is C23H33N3O3S2. The zero-order valence-electron chi connectivity index (χ0n) is 17.9. The van der Waals surface area contributed by atoms with Gasteiger partial charge in [0.15, 0.2) is 0 Å². The van der Waals surface area contributed by atoms with E-state index in [-0.39, 0.29) is 17.4 Å². The van der Waals surface area contributed by atoms with Gasteiger partial charge in [-0.3, -0.25) is 9.69 Å². The van der Waals surface area contributed by atoms with Gasteiger partial charge in [0.1, 0.15) is 0 Å². The third-order valence-corrected chi connectivity index (χ3v) is 10.4. The lowest BCUT2D eigenvalue weighted by Gasteiger charge is -2.34. The Morgan fingerprint density at radius 3 is 3.03 bits per heavy atom. The highest BCUT2D eigenvalue weighted by Crippen LogP contribution is 2.85. The molecule has 3 aliphatic heterocycles. The third kappa shape index (κ3) is 3.98. The molecule has 2 saturated heterocycles. The molecule has 0 radical (unpaired) electrons. The number of carboxylic acid groups (broad SMARTS) is 1. The maximum absolute atomic E-state index is 12.1. The SMILES string of the molecule is N[C@@H]1C=C(CCCCC(=O)NCCS[C@@H]2C3N4CCCCC4C4/C(=C\C(=O)O)C432)SC1. The van der Waals surface area contributed by atoms with Crippen LogP contribution in [0.25, 0.3) is 0 Å². The number of nitrogens with one attached hydrogen (secondary N) is 1. The van der Waals surface area contributed by atoms with Gasteiger partial charge in [-0.25, -0.2) is 4.79 Å². The fourth-order valence-corrected chi connectivity index (χ4v) is 9.16. The summed E-state index contributed by atoms with van der Waals surface area (Å²) in [6.07, 6.45) is 11.0. The van der Waals surface area contributed by atoms with Gasteiger partial charge in [-0.1, -0.05) is 12.5 Å². The Morgan fingerprint density at radius 1 is 1.39 bits per heavy atom. The number of carbonyl (C=O) groups is 2. The number of aliphatic carboxylic acids is 1. The Labute approximate surface area is 192 Å². The molecule has 3 heterocycles. The maximum Gasteiger partial charge on any atom is 0.328 e. The van der Waals surface area contributed by atoms with Crippen LogP contribution in [0.4, 0.5) is 0 Å². The molecule has 6 atom stereocenters. The fourth-order valence-electron chi connectivity index (χ4n) is 6.44. The van der Waals surface area contributed by atoms with Crippen LogP contribution in [-0.2, 0) is 9.59 Å². The van der Waals surface area contributed by atoms with E-state index in [0.29, 0.717) is 36.2 Å². The van der Waals surface area contributed by atoms with Crippen LogP contribution in [0.3, 0.4) is 0 Å². The number of rotatable bonds is 10. The van der Waals surface area contributed by atoms with Crippen LogP contribution >= 0.6 is 23.5 Å². The maximum atomic E-state index is 12.1. The number of piperidine rings is 3. The first kappa shape index (κ1) is 21.9. The first-order valence-electron chi connectivity index (χ1n) is 11.7. The predicted octanol–water partition coefficient (Wildman–Crippen LogP) is 2.60. The highest BCUT2D eigenvalue weighted by Gasteiger charge is 2.89. The lowest BCUT2D eigenvalue weighted by atomic mass is 9.98. The van der Waals surface area contributed by atoms with Gasteiger partial charge in [0.05, 0.1) is 0 Å². The van der Waals surface area contributed by atoms with E-state index in [4.69, 9.17) is 5.73 Å². The fraction of sp³-hybridized carbons (Fsp3) is 0.739. The molecule has 0 aromatic heterocycles. The van der Waals surface area contributed by atoms with Crippen LogP contribution < -0.4 is 11.1 Å². The summed E-state index contributed by atoms with van der Waals surface area (Å²) in [5.41, 5.74) is 7.23. The minimum Gasteiger partial charge on any atom is -0.478 e. The summed E-state index contributed by atoms with van der Waals surface area (Å²) in [5.74, 6) is 1.72. The average Bonchev–Trinajstić information content (AvgIpc) is 3.44. The molecule has 1 amide bonds. The van der Waals surface area contributed by atoms with Crippen molar-refractivity contribution in [3.63, 3.8) is 0 Å². The largest absolute Gasteiger partial charge is 0.478 e. The number of unbranched alkanes of at least 4 members (excludes halogenated alkanes) is 1. The highest BCUT2D eigenvalue weighted by atomic mass is 32.2. The molecule has 0 aromatic carbocycles. The lowest BCUT2D eigenvalue weighted by molar-refractivity contribution is -0.131. The molecular weight excluding hydrogens is 430 g/mol. The molecule has 4 fully saturated rings. The third-order valence-electron chi connectivity index (χ3n) is 7.68. The number of hydrogen-bond donors (Lipinski definition) is 3. The van der Waals surface area contributed by atoms with Crippen LogP contribution in [-0.4, -0.2) is 69.9 Å². The van der Waals surface area contributed by atoms with Crippen LogP contribution in [0.2, 0.25) is 0 Å². The Bertz CT molecular complexity index is 816. The molecule has 1 spiro atoms. The van der Waals surface area contributed by atoms with E-state index in [1.54, 1.807) is 0 Å². The van der Waals surface area contributed by atoms with E-state index in [0.717, 1.165) is 30.8 Å². The molecule has 170 valence electrons. The van der Waals surface area contributed by atoms with Crippen molar-refractivity contribution < 1.29 is 14.7 Å². The van der Waals surface area contributed by atoms with Crippen molar-refractivity contribution >= 4 is 35.4 Å². The first-order chi connectivity index (χ1) is 15.0. The summed E-state index contributed by atoms with van der Waals surface area (Å²) in [4.78, 5) is 27.5. The van der Waals surface area contributed by atoms with E-state index in [1.807, 2.05) is 23.5 Å². The quantitative estimate of drug-likeness (QED) is 0.339. The molecule has 0 aromatic rings. The Kier molecular flexibility index (Phi) is 6.18. The van der Waals surface area contributed by atoms with E-state index < -0.39 is 5.97 Å². The highest BCUT2D eigenvalue weighted by molar-refractivity contribution is 8.03. The topological polar surface area (TPSA) is 95.7 Å². The summed E-state index contributed by atoms with van der Waals surface area (Å²) in [6, 6.07) is 1.31. The van der Waals surface area contributed by atoms with Crippen molar-refractivity contribution in [3.8, 4) is 0 Å². The van der Waals surface area contributed by atoms with Gasteiger partial charge in [0, 0.05) is 65.3 Å². The lowest BCUT2D eigenvalue weighted by Crippen LogP contribution is -2.41. The number of allylic oxidation sites excluding steroid dienone is 1. The Morgan fingerprint density at radius 2 is 2.26 bits per heavy atom. The molecule has 6 nitrogen and oxygen atoms in total. The van der Waals surface area contributed by atoms with Gasteiger partial charge in [0.25, 0.3) is 0 Å². The van der Waals surface area contributed by atoms with Crippen LogP contribution in [0.15, 0.2) is 22.6 Å². The number of carboxylic acids is 1. The minimum atomic E-state index is -0.798. The second-order valence-corrected chi connectivity index (χ2v) is 11.9. The second-order valence-electron chi connectivity index (χ2n) is 9.55. The molecule has 2 saturated carbocycles. The second kappa shape index (κ2) is 8.76. The van der Waals surface area contributed by atoms with Crippen molar-refractivity contribution in [3.05, 3.63) is 22.6 Å². The summed E-state index contributed by atoms with van der Waals surface area (Å²) in [7, 11) is 0. The molecule has 5 aliphatic rings. The summed E-state index contributed by atoms with van der Waals surface area (Å²) >= 11 is 3.78. The van der Waals surface area contributed by atoms with Crippen LogP contribution in [0.1, 0.15) is 44.9 Å². The van der Waals surface area contributed by atoms with Gasteiger partial charge in [-0.05, 0) is 49.1 Å². The van der Waals surface area contributed by atoms with Gasteiger partial charge in [0.2, 0.25) is 5.91 Å². The van der Waals surface area contributed by atoms with Crippen molar-refractivity contribution in [2.24, 2.45) is 17.1 Å². The molecule has 4 unspecified atom stereocenters. The van der Waals surface area contributed by atoms with Crippen molar-refractivity contribution in [2.45, 2.75) is 68.3 Å². The van der Waals surface area contributed by atoms with Crippen LogP contribution in [0.5, 0.6) is 0 Å². The standard InChI is InChI=1S/C23H33N3O3S2/c24-14-11-15(31-13-14)5-1-2-7-18(27)25-8-10-30-22-21-23(22)16(12-19(28)29)20(23)17-6-3-4-9-26(17)21/h11-12,14,17,20-22H,1-10,13,24H2,(H,25,27)(H,28,29)/b16-12+/t14-,17?,20?,21?,22-,23?/m1/s1. The zero-order valence-corrected chi connectivity index (χ0v) is 19.6. The number of thioether (sulfide) groups is 2. The number of nitrogens with zero attached hydrogens (tertiary/aromatic N) is 1. The molecule has 8 heteroatoms. The van der Waals surface area contributed by atoms with Gasteiger partial charge in [-0.15, -0.1) is 11.8 Å². The number of nitrogens with two attached hydrogens (primary N) is 1. The van der Waals surface area contributed by atoms with Gasteiger partial charge in [-0.2, -0.15) is 11.8 Å². The van der Waals surface area contributed by atoms with Gasteiger partial charge >= 0.3 is 5.97 Å². The zero-order chi connectivity index (χ0) is 21.6. The molecule has 2 aliphatic carbocycles. The summed E-state index contributed by atoms with van der Waals surface area (Å²) in [5, 5.41) is 12.9. The summed E-state index contributed by atoms with van der Waals surface area (Å²) < 4.78 is 0. The van der Waals surface area contributed by atoms with Crippen LogP contribution in [0, 0.1) is 11.3 Å². The van der Waals surface area contributed by atoms with Crippen molar-refractivity contribution in [1.29, 1.82) is 0 Å². The normalized spacial score (nSPS) is 38.9. The number of hydrogen-bond acceptors (Lipinski definition) is 6. The Hall–Kier alpha value is -0.960. The van der Waals surface area contributed by atoms with Crippen molar-refractivity contribution in [2.75, 3.05) is 24.6 Å². The minimum absolute atomic E-state index is 0.145. The number of fused-ring (bicyclic) bond motifs is 3. The smallest absolute Gasteiger partial charge is 0.328 e. The monoisotopic (exact) mass is 463 g/mol. The molecule has 4 N–H and O–H groups in total. The molecule has 31 heavy (non-hydrogen) atoms. The predicted molar refractivity (Wildman–Crippen MR) is 126 cm³/mol.